The molecule has 2 amide bonds. The Labute approximate surface area is 192 Å². The number of rotatable bonds is 8. The van der Waals surface area contributed by atoms with Gasteiger partial charge in [0.05, 0.1) is 6.04 Å². The van der Waals surface area contributed by atoms with Gasteiger partial charge >= 0.3 is 0 Å². The number of nitrogens with one attached hydrogen (secondary N) is 2. The quantitative estimate of drug-likeness (QED) is 0.648. The number of fused-ring (bicyclic) bond motifs is 1. The van der Waals surface area contributed by atoms with E-state index >= 15 is 0 Å². The average Bonchev–Trinajstić information content (AvgIpc) is 3.24. The Bertz CT molecular complexity index is 929. The van der Waals surface area contributed by atoms with E-state index < -0.39 is 6.04 Å². The summed E-state index contributed by atoms with van der Waals surface area (Å²) in [5.74, 6) is -0.0747. The maximum atomic E-state index is 13.5. The third-order valence-electron chi connectivity index (χ3n) is 6.75. The van der Waals surface area contributed by atoms with Crippen molar-refractivity contribution in [2.24, 2.45) is 5.41 Å². The van der Waals surface area contributed by atoms with Crippen molar-refractivity contribution in [3.05, 3.63) is 48.0 Å². The highest BCUT2D eigenvalue weighted by Gasteiger charge is 2.39. The molecule has 0 spiro atoms. The van der Waals surface area contributed by atoms with Gasteiger partial charge in [0.15, 0.2) is 0 Å². The topological polar surface area (TPSA) is 61.4 Å². The van der Waals surface area contributed by atoms with Crippen molar-refractivity contribution in [1.29, 1.82) is 0 Å². The van der Waals surface area contributed by atoms with Gasteiger partial charge in [-0.3, -0.25) is 9.59 Å². The lowest BCUT2D eigenvalue weighted by Gasteiger charge is -2.36. The molecule has 1 aliphatic rings. The minimum atomic E-state index is -0.524. The zero-order chi connectivity index (χ0) is 23.3. The van der Waals surface area contributed by atoms with E-state index in [2.05, 4.69) is 53.1 Å². The SMILES string of the molecule is CN[C@@H](C)C(=O)N[C@H](C(=O)N1CCC[C@H]1CCCc1cccc2ccccc12)C(C)(C)C. The van der Waals surface area contributed by atoms with Crippen molar-refractivity contribution in [1.82, 2.24) is 15.5 Å². The van der Waals surface area contributed by atoms with Crippen LogP contribution in [0, 0.1) is 5.41 Å². The Morgan fingerprint density at radius 1 is 1.12 bits per heavy atom. The summed E-state index contributed by atoms with van der Waals surface area (Å²) >= 11 is 0. The number of carbonyl (C=O) groups is 2. The molecule has 1 aliphatic heterocycles. The van der Waals surface area contributed by atoms with Crippen LogP contribution < -0.4 is 10.6 Å². The Kier molecular flexibility index (Phi) is 7.94. The smallest absolute Gasteiger partial charge is 0.245 e. The molecule has 0 radical (unpaired) electrons. The maximum absolute atomic E-state index is 13.5. The highest BCUT2D eigenvalue weighted by atomic mass is 16.2. The second-order valence-corrected chi connectivity index (χ2v) is 10.2. The minimum absolute atomic E-state index is 0.0572. The number of hydrogen-bond donors (Lipinski definition) is 2. The molecule has 0 aliphatic carbocycles. The number of hydrogen-bond acceptors (Lipinski definition) is 3. The summed E-state index contributed by atoms with van der Waals surface area (Å²) in [5.41, 5.74) is 1.02. The second kappa shape index (κ2) is 10.5. The van der Waals surface area contributed by atoms with Crippen LogP contribution in [0.3, 0.4) is 0 Å². The fourth-order valence-corrected chi connectivity index (χ4v) is 4.68. The molecule has 5 nitrogen and oxygen atoms in total. The standard InChI is InChI=1S/C27H39N3O2/c1-19(28-5)25(31)29-24(27(2,3)4)26(32)30-18-10-16-22(30)15-9-14-21-13-8-12-20-11-6-7-17-23(20)21/h6-8,11-13,17,19,22,24,28H,9-10,14-16,18H2,1-5H3,(H,29,31)/t19-,22+,24+/m0/s1. The van der Waals surface area contributed by atoms with E-state index in [0.29, 0.717) is 0 Å². The number of likely N-dealkylation sites (tertiary alicyclic amines) is 1. The van der Waals surface area contributed by atoms with Gasteiger partial charge in [0, 0.05) is 12.6 Å². The van der Waals surface area contributed by atoms with Crippen LogP contribution in [0.2, 0.25) is 0 Å². The first-order valence-electron chi connectivity index (χ1n) is 12.0. The molecular weight excluding hydrogens is 398 g/mol. The predicted octanol–water partition coefficient (Wildman–Crippen LogP) is 4.29. The average molecular weight is 438 g/mol. The van der Waals surface area contributed by atoms with Crippen molar-refractivity contribution in [3.8, 4) is 0 Å². The molecule has 1 fully saturated rings. The van der Waals surface area contributed by atoms with E-state index in [1.807, 2.05) is 32.6 Å². The molecule has 0 aromatic heterocycles. The van der Waals surface area contributed by atoms with Crippen LogP contribution in [-0.2, 0) is 16.0 Å². The van der Waals surface area contributed by atoms with Crippen molar-refractivity contribution in [3.63, 3.8) is 0 Å². The van der Waals surface area contributed by atoms with Crippen molar-refractivity contribution in [2.75, 3.05) is 13.6 Å². The molecule has 174 valence electrons. The summed E-state index contributed by atoms with van der Waals surface area (Å²) in [6, 6.07) is 14.4. The van der Waals surface area contributed by atoms with E-state index in [1.54, 1.807) is 7.05 Å². The van der Waals surface area contributed by atoms with Crippen molar-refractivity contribution >= 4 is 22.6 Å². The van der Waals surface area contributed by atoms with Crippen molar-refractivity contribution in [2.45, 2.75) is 77.9 Å². The van der Waals surface area contributed by atoms with Crippen LogP contribution in [0.15, 0.2) is 42.5 Å². The van der Waals surface area contributed by atoms with Crippen LogP contribution in [0.5, 0.6) is 0 Å². The second-order valence-electron chi connectivity index (χ2n) is 10.2. The van der Waals surface area contributed by atoms with Crippen LogP contribution in [0.4, 0.5) is 0 Å². The number of amides is 2. The normalized spacial score (nSPS) is 18.5. The number of nitrogens with zero attached hydrogens (tertiary/aromatic N) is 1. The molecule has 5 heteroatoms. The molecule has 0 saturated carbocycles. The van der Waals surface area contributed by atoms with Gasteiger partial charge in [0.25, 0.3) is 0 Å². The van der Waals surface area contributed by atoms with E-state index in [4.69, 9.17) is 0 Å². The first kappa shape index (κ1) is 24.2. The maximum Gasteiger partial charge on any atom is 0.245 e. The van der Waals surface area contributed by atoms with Crippen LogP contribution >= 0.6 is 0 Å². The minimum Gasteiger partial charge on any atom is -0.342 e. The van der Waals surface area contributed by atoms with Gasteiger partial charge < -0.3 is 15.5 Å². The van der Waals surface area contributed by atoms with Crippen LogP contribution in [0.25, 0.3) is 10.8 Å². The number of likely N-dealkylation sites (N-methyl/N-ethyl adjacent to an activating group) is 1. The molecule has 32 heavy (non-hydrogen) atoms. The molecule has 2 aromatic rings. The largest absolute Gasteiger partial charge is 0.342 e. The van der Waals surface area contributed by atoms with Gasteiger partial charge in [0.2, 0.25) is 11.8 Å². The summed E-state index contributed by atoms with van der Waals surface area (Å²) in [7, 11) is 1.75. The van der Waals surface area contributed by atoms with Gasteiger partial charge in [-0.2, -0.15) is 0 Å². The molecule has 1 saturated heterocycles. The fraction of sp³-hybridized carbons (Fsp3) is 0.556. The lowest BCUT2D eigenvalue weighted by Crippen LogP contribution is -2.58. The monoisotopic (exact) mass is 437 g/mol. The van der Waals surface area contributed by atoms with Crippen molar-refractivity contribution < 1.29 is 9.59 Å². The number of aryl methyl sites for hydroxylation is 1. The van der Waals surface area contributed by atoms with E-state index in [9.17, 15) is 9.59 Å². The summed E-state index contributed by atoms with van der Waals surface area (Å²) in [6.07, 6.45) is 5.12. The van der Waals surface area contributed by atoms with Crippen LogP contribution in [-0.4, -0.2) is 48.4 Å². The summed E-state index contributed by atoms with van der Waals surface area (Å²) in [6.45, 7) is 8.65. The first-order valence-corrected chi connectivity index (χ1v) is 12.0. The van der Waals surface area contributed by atoms with Gasteiger partial charge in [0.1, 0.15) is 6.04 Å². The van der Waals surface area contributed by atoms with Gasteiger partial charge in [-0.1, -0.05) is 63.2 Å². The molecular formula is C27H39N3O2. The highest BCUT2D eigenvalue weighted by molar-refractivity contribution is 5.90. The first-order chi connectivity index (χ1) is 15.2. The van der Waals surface area contributed by atoms with Gasteiger partial charge in [-0.25, -0.2) is 0 Å². The molecule has 0 unspecified atom stereocenters. The lowest BCUT2D eigenvalue weighted by atomic mass is 9.85. The molecule has 3 rings (SSSR count). The predicted molar refractivity (Wildman–Crippen MR) is 132 cm³/mol. The third kappa shape index (κ3) is 5.69. The third-order valence-corrected chi connectivity index (χ3v) is 6.75. The Morgan fingerprint density at radius 2 is 1.84 bits per heavy atom. The molecule has 3 atom stereocenters. The lowest BCUT2D eigenvalue weighted by molar-refractivity contribution is -0.140. The summed E-state index contributed by atoms with van der Waals surface area (Å²) in [5, 5.41) is 8.57. The number of carbonyl (C=O) groups excluding carboxylic acids is 2. The summed E-state index contributed by atoms with van der Waals surface area (Å²) in [4.78, 5) is 28.1. The van der Waals surface area contributed by atoms with E-state index in [0.717, 1.165) is 38.6 Å². The van der Waals surface area contributed by atoms with Gasteiger partial charge in [-0.05, 0) is 67.8 Å². The fourth-order valence-electron chi connectivity index (χ4n) is 4.68. The molecule has 2 aromatic carbocycles. The molecule has 0 bridgehead atoms. The zero-order valence-corrected chi connectivity index (χ0v) is 20.3. The summed E-state index contributed by atoms with van der Waals surface area (Å²) < 4.78 is 0. The Balaban J connectivity index is 1.65. The zero-order valence-electron chi connectivity index (χ0n) is 20.3. The van der Waals surface area contributed by atoms with Gasteiger partial charge in [-0.15, -0.1) is 0 Å². The van der Waals surface area contributed by atoms with E-state index in [-0.39, 0.29) is 29.3 Å². The Hall–Kier alpha value is -2.40. The molecule has 2 N–H and O–H groups in total. The molecule has 1 heterocycles. The van der Waals surface area contributed by atoms with E-state index in [1.165, 1.54) is 16.3 Å². The highest BCUT2D eigenvalue weighted by Crippen LogP contribution is 2.28. The Morgan fingerprint density at radius 3 is 2.56 bits per heavy atom. The van der Waals surface area contributed by atoms with Crippen LogP contribution in [0.1, 0.15) is 58.9 Å². The number of benzene rings is 2.